The Balaban J connectivity index is 2.17. The van der Waals surface area contributed by atoms with Gasteiger partial charge in [-0.05, 0) is 42.1 Å². The average molecular weight is 266 g/mol. The van der Waals surface area contributed by atoms with Crippen LogP contribution in [0.3, 0.4) is 0 Å². The monoisotopic (exact) mass is 266 g/mol. The molecule has 0 bridgehead atoms. The Hall–Kier alpha value is -2.13. The summed E-state index contributed by atoms with van der Waals surface area (Å²) < 4.78 is 5.70. The fourth-order valence-electron chi connectivity index (χ4n) is 2.62. The zero-order valence-electron chi connectivity index (χ0n) is 11.8. The number of benzene rings is 1. The van der Waals surface area contributed by atoms with E-state index in [-0.39, 0.29) is 6.04 Å². The molecule has 0 spiro atoms. The van der Waals surface area contributed by atoms with Gasteiger partial charge >= 0.3 is 0 Å². The van der Waals surface area contributed by atoms with Gasteiger partial charge in [0.05, 0.1) is 12.3 Å². The summed E-state index contributed by atoms with van der Waals surface area (Å²) in [5.41, 5.74) is 2.37. The van der Waals surface area contributed by atoms with E-state index in [1.54, 1.807) is 6.26 Å². The summed E-state index contributed by atoms with van der Waals surface area (Å²) in [5, 5.41) is 5.88. The molecule has 0 saturated carbocycles. The van der Waals surface area contributed by atoms with Crippen LogP contribution in [0.4, 0.5) is 0 Å². The normalized spacial score (nSPS) is 12.7. The minimum absolute atomic E-state index is 0.0582. The van der Waals surface area contributed by atoms with Gasteiger partial charge < -0.3 is 9.73 Å². The topological polar surface area (TPSA) is 38.1 Å². The maximum Gasteiger partial charge on any atom is 0.128 e. The van der Waals surface area contributed by atoms with E-state index < -0.39 is 0 Å². The highest BCUT2D eigenvalue weighted by atomic mass is 16.3. The van der Waals surface area contributed by atoms with E-state index in [0.717, 1.165) is 23.3 Å². The molecule has 102 valence electrons. The number of hydrogen-bond donors (Lipinski definition) is 1. The number of nitrogens with zero attached hydrogens (tertiary/aromatic N) is 1. The maximum atomic E-state index is 5.70. The molecular formula is C17H18N2O. The Bertz CT molecular complexity index is 712. The third kappa shape index (κ3) is 2.21. The number of fused-ring (bicyclic) bond motifs is 1. The molecule has 0 aliphatic heterocycles. The van der Waals surface area contributed by atoms with Gasteiger partial charge in [0.2, 0.25) is 0 Å². The molecule has 3 nitrogen and oxygen atoms in total. The fraction of sp³-hybridized carbons (Fsp3) is 0.235. The Morgan fingerprint density at radius 3 is 2.90 bits per heavy atom. The predicted molar refractivity (Wildman–Crippen MR) is 80.7 cm³/mol. The van der Waals surface area contributed by atoms with Crippen LogP contribution >= 0.6 is 0 Å². The van der Waals surface area contributed by atoms with E-state index in [9.17, 15) is 0 Å². The van der Waals surface area contributed by atoms with Crippen molar-refractivity contribution in [1.82, 2.24) is 10.3 Å². The van der Waals surface area contributed by atoms with Crippen molar-refractivity contribution in [2.75, 3.05) is 6.54 Å². The number of pyridine rings is 1. The van der Waals surface area contributed by atoms with Crippen molar-refractivity contribution in [2.24, 2.45) is 0 Å². The number of aryl methyl sites for hydroxylation is 1. The molecule has 2 aromatic heterocycles. The summed E-state index contributed by atoms with van der Waals surface area (Å²) in [6.45, 7) is 5.06. The fourth-order valence-corrected chi connectivity index (χ4v) is 2.62. The van der Waals surface area contributed by atoms with Crippen molar-refractivity contribution in [3.05, 3.63) is 65.9 Å². The molecule has 20 heavy (non-hydrogen) atoms. The van der Waals surface area contributed by atoms with E-state index >= 15 is 0 Å². The molecule has 2 heterocycles. The van der Waals surface area contributed by atoms with Crippen LogP contribution in [0.5, 0.6) is 0 Å². The Kier molecular flexibility index (Phi) is 3.52. The summed E-state index contributed by atoms with van der Waals surface area (Å²) in [5.74, 6) is 0.975. The number of rotatable bonds is 4. The number of nitrogens with one attached hydrogen (secondary N) is 1. The van der Waals surface area contributed by atoms with Crippen LogP contribution < -0.4 is 5.32 Å². The van der Waals surface area contributed by atoms with Gasteiger partial charge in [-0.25, -0.2) is 0 Å². The molecule has 0 saturated heterocycles. The smallest absolute Gasteiger partial charge is 0.128 e. The third-order valence-electron chi connectivity index (χ3n) is 3.60. The average Bonchev–Trinajstić information content (AvgIpc) is 2.90. The van der Waals surface area contributed by atoms with Gasteiger partial charge in [0, 0.05) is 17.8 Å². The van der Waals surface area contributed by atoms with Crippen molar-refractivity contribution >= 4 is 10.8 Å². The Morgan fingerprint density at radius 2 is 2.15 bits per heavy atom. The molecule has 3 rings (SSSR count). The third-order valence-corrected chi connectivity index (χ3v) is 3.60. The van der Waals surface area contributed by atoms with Crippen molar-refractivity contribution in [1.29, 1.82) is 0 Å². The van der Waals surface area contributed by atoms with Crippen molar-refractivity contribution < 1.29 is 4.42 Å². The van der Waals surface area contributed by atoms with E-state index in [2.05, 4.69) is 42.3 Å². The first kappa shape index (κ1) is 12.9. The lowest BCUT2D eigenvalue weighted by Crippen LogP contribution is -2.22. The predicted octanol–water partition coefficient (Wildman–Crippen LogP) is 3.84. The SMILES string of the molecule is CCNC(c1occc1C)c1cccc2ccncc12. The van der Waals surface area contributed by atoms with Crippen LogP contribution in [0.1, 0.15) is 29.9 Å². The second-order valence-corrected chi connectivity index (χ2v) is 4.90. The molecule has 1 N–H and O–H groups in total. The van der Waals surface area contributed by atoms with Crippen LogP contribution in [0, 0.1) is 6.92 Å². The van der Waals surface area contributed by atoms with Crippen molar-refractivity contribution in [3.63, 3.8) is 0 Å². The molecule has 0 amide bonds. The van der Waals surface area contributed by atoms with Gasteiger partial charge in [0.15, 0.2) is 0 Å². The van der Waals surface area contributed by atoms with Gasteiger partial charge in [-0.2, -0.15) is 0 Å². The Morgan fingerprint density at radius 1 is 1.25 bits per heavy atom. The van der Waals surface area contributed by atoms with Crippen LogP contribution in [0.2, 0.25) is 0 Å². The van der Waals surface area contributed by atoms with Crippen LogP contribution in [0.15, 0.2) is 53.4 Å². The summed E-state index contributed by atoms with van der Waals surface area (Å²) in [7, 11) is 0. The minimum Gasteiger partial charge on any atom is -0.467 e. The lowest BCUT2D eigenvalue weighted by molar-refractivity contribution is 0.450. The number of furan rings is 1. The lowest BCUT2D eigenvalue weighted by Gasteiger charge is -2.19. The second kappa shape index (κ2) is 5.47. The van der Waals surface area contributed by atoms with Gasteiger partial charge in [-0.1, -0.05) is 25.1 Å². The van der Waals surface area contributed by atoms with Crippen molar-refractivity contribution in [3.8, 4) is 0 Å². The summed E-state index contributed by atoms with van der Waals surface area (Å²) >= 11 is 0. The first-order valence-corrected chi connectivity index (χ1v) is 6.91. The van der Waals surface area contributed by atoms with Gasteiger partial charge in [-0.15, -0.1) is 0 Å². The first-order valence-electron chi connectivity index (χ1n) is 6.91. The summed E-state index contributed by atoms with van der Waals surface area (Å²) in [6, 6.07) is 10.4. The molecule has 1 aromatic carbocycles. The van der Waals surface area contributed by atoms with Crippen LogP contribution in [0.25, 0.3) is 10.8 Å². The second-order valence-electron chi connectivity index (χ2n) is 4.90. The quantitative estimate of drug-likeness (QED) is 0.779. The molecule has 0 aliphatic rings. The number of aromatic nitrogens is 1. The molecule has 3 aromatic rings. The molecule has 0 radical (unpaired) electrons. The summed E-state index contributed by atoms with van der Waals surface area (Å²) in [4.78, 5) is 4.26. The zero-order valence-corrected chi connectivity index (χ0v) is 11.8. The molecule has 3 heteroatoms. The standard InChI is InChI=1S/C17H18N2O/c1-3-19-16(17-12(2)8-10-20-17)14-6-4-5-13-7-9-18-11-15(13)14/h4-11,16,19H,3H2,1-2H3. The van der Waals surface area contributed by atoms with E-state index in [0.29, 0.717) is 0 Å². The van der Waals surface area contributed by atoms with Crippen LogP contribution in [-0.4, -0.2) is 11.5 Å². The largest absolute Gasteiger partial charge is 0.467 e. The number of hydrogen-bond acceptors (Lipinski definition) is 3. The van der Waals surface area contributed by atoms with Gasteiger partial charge in [0.25, 0.3) is 0 Å². The van der Waals surface area contributed by atoms with Gasteiger partial charge in [0.1, 0.15) is 5.76 Å². The molecule has 1 atom stereocenters. The Labute approximate surface area is 118 Å². The lowest BCUT2D eigenvalue weighted by atomic mass is 9.97. The summed E-state index contributed by atoms with van der Waals surface area (Å²) in [6.07, 6.45) is 5.50. The molecule has 0 fully saturated rings. The van der Waals surface area contributed by atoms with E-state index in [4.69, 9.17) is 4.42 Å². The highest BCUT2D eigenvalue weighted by molar-refractivity contribution is 5.85. The van der Waals surface area contributed by atoms with Crippen molar-refractivity contribution in [2.45, 2.75) is 19.9 Å². The van der Waals surface area contributed by atoms with E-state index in [1.165, 1.54) is 10.9 Å². The maximum absolute atomic E-state index is 5.70. The first-order chi connectivity index (χ1) is 9.81. The molecule has 1 unspecified atom stereocenters. The van der Waals surface area contributed by atoms with E-state index in [1.807, 2.05) is 24.5 Å². The minimum atomic E-state index is 0.0582. The highest BCUT2D eigenvalue weighted by Crippen LogP contribution is 2.30. The zero-order chi connectivity index (χ0) is 13.9. The van der Waals surface area contributed by atoms with Gasteiger partial charge in [-0.3, -0.25) is 4.98 Å². The van der Waals surface area contributed by atoms with Crippen LogP contribution in [-0.2, 0) is 0 Å². The highest BCUT2D eigenvalue weighted by Gasteiger charge is 2.20. The molecular weight excluding hydrogens is 248 g/mol. The molecule has 0 aliphatic carbocycles.